The molecule has 6 rings (SSSR count). The molecule has 0 bridgehead atoms. The minimum absolute atomic E-state index is 0.146. The largest absolute Gasteiger partial charge is 0.454 e. The van der Waals surface area contributed by atoms with Crippen LogP contribution in [0.5, 0.6) is 11.5 Å². The highest BCUT2D eigenvalue weighted by Crippen LogP contribution is 2.40. The molecule has 0 saturated heterocycles. The molecule has 1 N–H and O–H groups in total. The van der Waals surface area contributed by atoms with Crippen LogP contribution < -0.4 is 20.3 Å². The molecule has 8 heteroatoms. The molecule has 2 aromatic carbocycles. The Morgan fingerprint density at radius 2 is 1.93 bits per heavy atom. The van der Waals surface area contributed by atoms with E-state index in [9.17, 15) is 9.59 Å². The number of nitrogens with zero attached hydrogens (tertiary/aromatic N) is 3. The van der Waals surface area contributed by atoms with E-state index >= 15 is 0 Å². The van der Waals surface area contributed by atoms with Crippen LogP contribution in [0.25, 0.3) is 16.8 Å². The maximum atomic E-state index is 13.3. The van der Waals surface area contributed by atoms with Gasteiger partial charge < -0.3 is 14.8 Å². The van der Waals surface area contributed by atoms with Gasteiger partial charge >= 0.3 is 0 Å². The van der Waals surface area contributed by atoms with E-state index in [1.807, 2.05) is 46.9 Å². The zero-order chi connectivity index (χ0) is 19.7. The van der Waals surface area contributed by atoms with Crippen molar-refractivity contribution < 1.29 is 14.3 Å². The molecule has 0 radical (unpaired) electrons. The smallest absolute Gasteiger partial charge is 0.260 e. The minimum Gasteiger partial charge on any atom is -0.454 e. The quantitative estimate of drug-likeness (QED) is 0.541. The van der Waals surface area contributed by atoms with Crippen molar-refractivity contribution in [2.75, 3.05) is 12.1 Å². The fourth-order valence-corrected chi connectivity index (χ4v) is 4.27. The maximum Gasteiger partial charge on any atom is 0.260 e. The van der Waals surface area contributed by atoms with Gasteiger partial charge in [-0.25, -0.2) is 4.98 Å². The highest BCUT2D eigenvalue weighted by molar-refractivity contribution is 5.96. The van der Waals surface area contributed by atoms with Gasteiger partial charge in [0, 0.05) is 19.4 Å². The fraction of sp³-hybridized carbons (Fsp3) is 0.190. The van der Waals surface area contributed by atoms with Crippen molar-refractivity contribution in [1.82, 2.24) is 14.0 Å². The summed E-state index contributed by atoms with van der Waals surface area (Å²) in [6.45, 7) is 0.171. The third-order valence-corrected chi connectivity index (χ3v) is 5.65. The van der Waals surface area contributed by atoms with E-state index in [4.69, 9.17) is 9.47 Å². The number of carbonyl (C=O) groups is 1. The van der Waals surface area contributed by atoms with Crippen LogP contribution in [0.4, 0.5) is 5.82 Å². The average Bonchev–Trinajstić information content (AvgIpc) is 3.35. The number of amides is 1. The van der Waals surface area contributed by atoms with E-state index in [-0.39, 0.29) is 24.7 Å². The zero-order valence-electron chi connectivity index (χ0n) is 15.5. The molecule has 2 aliphatic rings. The summed E-state index contributed by atoms with van der Waals surface area (Å²) in [5, 5.41) is 2.92. The van der Waals surface area contributed by atoms with Crippen molar-refractivity contribution in [3.05, 3.63) is 63.9 Å². The molecule has 4 heterocycles. The van der Waals surface area contributed by atoms with Gasteiger partial charge in [-0.15, -0.1) is 0 Å². The van der Waals surface area contributed by atoms with Crippen molar-refractivity contribution in [2.45, 2.75) is 12.3 Å². The Kier molecular flexibility index (Phi) is 3.12. The first-order valence-electron chi connectivity index (χ1n) is 9.31. The Bertz CT molecular complexity index is 1400. The number of rotatable bonds is 1. The van der Waals surface area contributed by atoms with E-state index in [2.05, 4.69) is 10.3 Å². The van der Waals surface area contributed by atoms with Gasteiger partial charge in [-0.1, -0.05) is 18.2 Å². The van der Waals surface area contributed by atoms with Crippen LogP contribution in [0.2, 0.25) is 0 Å². The number of benzene rings is 2. The molecule has 29 heavy (non-hydrogen) atoms. The van der Waals surface area contributed by atoms with Gasteiger partial charge in [0.05, 0.1) is 16.6 Å². The third kappa shape index (κ3) is 2.16. The van der Waals surface area contributed by atoms with Crippen LogP contribution in [0.3, 0.4) is 0 Å². The molecule has 0 fully saturated rings. The van der Waals surface area contributed by atoms with Crippen molar-refractivity contribution in [2.24, 2.45) is 7.05 Å². The lowest BCUT2D eigenvalue weighted by Gasteiger charge is -2.27. The van der Waals surface area contributed by atoms with Crippen molar-refractivity contribution >= 4 is 28.5 Å². The summed E-state index contributed by atoms with van der Waals surface area (Å²) in [7, 11) is 1.71. The van der Waals surface area contributed by atoms with Gasteiger partial charge in [-0.05, 0) is 29.8 Å². The second-order valence-electron chi connectivity index (χ2n) is 7.28. The van der Waals surface area contributed by atoms with Gasteiger partial charge in [-0.2, -0.15) is 0 Å². The number of imidazole rings is 1. The number of anilines is 1. The zero-order valence-corrected chi connectivity index (χ0v) is 15.5. The van der Waals surface area contributed by atoms with Crippen molar-refractivity contribution in [3.63, 3.8) is 0 Å². The molecule has 144 valence electrons. The van der Waals surface area contributed by atoms with Crippen molar-refractivity contribution in [3.8, 4) is 11.5 Å². The van der Waals surface area contributed by atoms with Crippen LogP contribution in [0, 0.1) is 0 Å². The normalized spacial score (nSPS) is 17.6. The SMILES string of the molecule is Cn1c(=O)c2c(n3c4ccccc4nc13)NC(=O)C[C@H]2c1ccc2c(c1)OCO2. The number of hydrogen-bond donors (Lipinski definition) is 1. The molecule has 0 saturated carbocycles. The summed E-state index contributed by atoms with van der Waals surface area (Å²) in [4.78, 5) is 30.6. The summed E-state index contributed by atoms with van der Waals surface area (Å²) in [6.07, 6.45) is 0.181. The molecule has 2 aromatic heterocycles. The predicted octanol–water partition coefficient (Wildman–Crippen LogP) is 2.39. The Balaban J connectivity index is 1.68. The Hall–Kier alpha value is -3.81. The van der Waals surface area contributed by atoms with Crippen molar-refractivity contribution in [1.29, 1.82) is 0 Å². The molecular weight excluding hydrogens is 372 g/mol. The number of hydrogen-bond acceptors (Lipinski definition) is 5. The molecule has 2 aliphatic heterocycles. The average molecular weight is 388 g/mol. The number of fused-ring (bicyclic) bond motifs is 6. The van der Waals surface area contributed by atoms with Crippen LogP contribution in [0.15, 0.2) is 47.3 Å². The second kappa shape index (κ2) is 5.60. The summed E-state index contributed by atoms with van der Waals surface area (Å²) >= 11 is 0. The summed E-state index contributed by atoms with van der Waals surface area (Å²) < 4.78 is 14.3. The Labute approximate surface area is 164 Å². The van der Waals surface area contributed by atoms with Gasteiger partial charge in [0.15, 0.2) is 11.5 Å². The van der Waals surface area contributed by atoms with Crippen LogP contribution in [0.1, 0.15) is 23.5 Å². The number of aromatic nitrogens is 3. The van der Waals surface area contributed by atoms with Gasteiger partial charge in [0.2, 0.25) is 18.5 Å². The van der Waals surface area contributed by atoms with E-state index in [1.54, 1.807) is 7.05 Å². The fourth-order valence-electron chi connectivity index (χ4n) is 4.27. The molecule has 0 unspecified atom stereocenters. The van der Waals surface area contributed by atoms with Crippen LogP contribution in [-0.2, 0) is 11.8 Å². The lowest BCUT2D eigenvalue weighted by molar-refractivity contribution is -0.116. The second-order valence-corrected chi connectivity index (χ2v) is 7.28. The van der Waals surface area contributed by atoms with Crippen LogP contribution >= 0.6 is 0 Å². The molecule has 1 amide bonds. The first-order chi connectivity index (χ1) is 14.1. The van der Waals surface area contributed by atoms with Crippen LogP contribution in [-0.4, -0.2) is 26.7 Å². The topological polar surface area (TPSA) is 86.9 Å². The van der Waals surface area contributed by atoms with E-state index in [0.29, 0.717) is 28.7 Å². The number of ether oxygens (including phenoxy) is 2. The van der Waals surface area contributed by atoms with Gasteiger partial charge in [0.25, 0.3) is 5.56 Å². The monoisotopic (exact) mass is 388 g/mol. The highest BCUT2D eigenvalue weighted by atomic mass is 16.7. The molecule has 0 aliphatic carbocycles. The van der Waals surface area contributed by atoms with E-state index in [0.717, 1.165) is 16.6 Å². The molecule has 1 atom stereocenters. The molecule has 8 nitrogen and oxygen atoms in total. The lowest BCUT2D eigenvalue weighted by atomic mass is 9.86. The Morgan fingerprint density at radius 1 is 1.10 bits per heavy atom. The highest BCUT2D eigenvalue weighted by Gasteiger charge is 2.33. The minimum atomic E-state index is -0.391. The lowest BCUT2D eigenvalue weighted by Crippen LogP contribution is -2.35. The Morgan fingerprint density at radius 3 is 2.83 bits per heavy atom. The van der Waals surface area contributed by atoms with E-state index in [1.165, 1.54) is 4.57 Å². The summed E-state index contributed by atoms with van der Waals surface area (Å²) in [5.74, 6) is 1.72. The van der Waals surface area contributed by atoms with E-state index < -0.39 is 5.92 Å². The number of carbonyl (C=O) groups excluding carboxylic acids is 1. The third-order valence-electron chi connectivity index (χ3n) is 5.65. The predicted molar refractivity (Wildman–Crippen MR) is 106 cm³/mol. The van der Waals surface area contributed by atoms with Gasteiger partial charge in [-0.3, -0.25) is 18.6 Å². The van der Waals surface area contributed by atoms with Gasteiger partial charge in [0.1, 0.15) is 5.82 Å². The molecular formula is C21H16N4O4. The standard InChI is InChI=1S/C21H16N4O4/c1-24-20(27)18-12(11-6-7-15-16(8-11)29-10-28-15)9-17(26)23-19(18)25-14-5-3-2-4-13(14)22-21(24)25/h2-8,12H,9-10H2,1H3,(H,23,26)/t12-/m0/s1. The first kappa shape index (κ1) is 16.2. The maximum absolute atomic E-state index is 13.3. The molecule has 0 spiro atoms. The number of nitrogens with one attached hydrogen (secondary N) is 1. The summed E-state index contributed by atoms with van der Waals surface area (Å²) in [6, 6.07) is 13.2. The first-order valence-corrected chi connectivity index (χ1v) is 9.31. The molecule has 4 aromatic rings. The number of para-hydroxylation sites is 2. The summed E-state index contributed by atoms with van der Waals surface area (Å²) in [5.41, 5.74) is 2.80. The number of aryl methyl sites for hydroxylation is 1.